The number of carbonyl (C=O) groups excluding carboxylic acids is 1. The molecule has 0 aliphatic carbocycles. The zero-order valence-corrected chi connectivity index (χ0v) is 18.6. The summed E-state index contributed by atoms with van der Waals surface area (Å²) >= 11 is 6.66. The number of aromatic nitrogens is 1. The number of pyridine rings is 1. The van der Waals surface area contributed by atoms with E-state index in [0.717, 1.165) is 5.56 Å². The van der Waals surface area contributed by atoms with E-state index in [1.165, 1.54) is 4.31 Å². The summed E-state index contributed by atoms with van der Waals surface area (Å²) < 4.78 is 28.6. The van der Waals surface area contributed by atoms with E-state index >= 15 is 0 Å². The number of Topliss-reactive ketones (excluding diaryl/α,β-unsaturated/α-hetero) is 1. The van der Waals surface area contributed by atoms with E-state index in [9.17, 15) is 13.2 Å². The van der Waals surface area contributed by atoms with Crippen molar-refractivity contribution >= 4 is 47.7 Å². The van der Waals surface area contributed by atoms with Crippen LogP contribution in [0.25, 0.3) is 0 Å². The van der Waals surface area contributed by atoms with Gasteiger partial charge in [0.1, 0.15) is 5.78 Å². The lowest BCUT2D eigenvalue weighted by Gasteiger charge is -2.30. The Hall–Kier alpha value is -1.09. The van der Waals surface area contributed by atoms with Gasteiger partial charge in [-0.15, -0.1) is 0 Å². The number of hydrogen-bond donors (Lipinski definition) is 0. The Kier molecular flexibility index (Phi) is 6.83. The molecular formula is C19H20Br2N2O3S. The fraction of sp³-hybridized carbons (Fsp3) is 0.368. The van der Waals surface area contributed by atoms with Crippen LogP contribution in [0, 0.1) is 5.92 Å². The van der Waals surface area contributed by atoms with Crippen LogP contribution in [0.15, 0.2) is 56.6 Å². The maximum atomic E-state index is 12.9. The highest BCUT2D eigenvalue weighted by molar-refractivity contribution is 9.11. The number of rotatable bonds is 6. The van der Waals surface area contributed by atoms with Crippen LogP contribution < -0.4 is 0 Å². The van der Waals surface area contributed by atoms with E-state index in [-0.39, 0.29) is 16.6 Å². The third-order valence-electron chi connectivity index (χ3n) is 4.77. The summed E-state index contributed by atoms with van der Waals surface area (Å²) in [6, 6.07) is 8.83. The molecule has 3 rings (SSSR count). The zero-order valence-electron chi connectivity index (χ0n) is 14.6. The molecule has 0 spiro atoms. The lowest BCUT2D eigenvalue weighted by atomic mass is 9.90. The highest BCUT2D eigenvalue weighted by Crippen LogP contribution is 2.29. The Labute approximate surface area is 176 Å². The standard InChI is InChI=1S/C19H20Br2N2O3S/c20-16-10-17(21)12-18(11-16)27(25,26)23-8-5-15(6-9-23)19(24)4-3-14-2-1-7-22-13-14/h1-2,7,10-13,15H,3-6,8-9H2. The molecule has 8 heteroatoms. The quantitative estimate of drug-likeness (QED) is 0.578. The van der Waals surface area contributed by atoms with Crippen molar-refractivity contribution in [2.45, 2.75) is 30.6 Å². The normalized spacial score (nSPS) is 16.4. The molecule has 0 saturated carbocycles. The number of aryl methyl sites for hydroxylation is 1. The van der Waals surface area contributed by atoms with Crippen molar-refractivity contribution in [1.82, 2.24) is 9.29 Å². The molecule has 0 atom stereocenters. The summed E-state index contributed by atoms with van der Waals surface area (Å²) in [7, 11) is -3.56. The van der Waals surface area contributed by atoms with Gasteiger partial charge >= 0.3 is 0 Å². The van der Waals surface area contributed by atoms with Crippen LogP contribution in [-0.4, -0.2) is 36.6 Å². The van der Waals surface area contributed by atoms with Crippen molar-refractivity contribution in [3.8, 4) is 0 Å². The van der Waals surface area contributed by atoms with Crippen LogP contribution in [0.2, 0.25) is 0 Å². The number of carbonyl (C=O) groups is 1. The monoisotopic (exact) mass is 514 g/mol. The second-order valence-electron chi connectivity index (χ2n) is 6.61. The lowest BCUT2D eigenvalue weighted by Crippen LogP contribution is -2.40. The van der Waals surface area contributed by atoms with E-state index in [2.05, 4.69) is 36.8 Å². The van der Waals surface area contributed by atoms with Crippen molar-refractivity contribution in [1.29, 1.82) is 0 Å². The van der Waals surface area contributed by atoms with Crippen LogP contribution >= 0.6 is 31.9 Å². The molecule has 0 radical (unpaired) electrons. The van der Waals surface area contributed by atoms with Gasteiger partial charge < -0.3 is 0 Å². The Morgan fingerprint density at radius 3 is 2.41 bits per heavy atom. The maximum absolute atomic E-state index is 12.9. The minimum absolute atomic E-state index is 0.0673. The highest BCUT2D eigenvalue weighted by atomic mass is 79.9. The van der Waals surface area contributed by atoms with Gasteiger partial charge in [0.2, 0.25) is 10.0 Å². The van der Waals surface area contributed by atoms with Gasteiger partial charge in [0.05, 0.1) is 4.90 Å². The lowest BCUT2D eigenvalue weighted by molar-refractivity contribution is -0.123. The minimum Gasteiger partial charge on any atom is -0.299 e. The summed E-state index contributed by atoms with van der Waals surface area (Å²) in [5, 5.41) is 0. The number of ketones is 1. The zero-order chi connectivity index (χ0) is 19.4. The van der Waals surface area contributed by atoms with E-state index in [4.69, 9.17) is 0 Å². The fourth-order valence-corrected chi connectivity index (χ4v) is 6.40. The fourth-order valence-electron chi connectivity index (χ4n) is 3.26. The highest BCUT2D eigenvalue weighted by Gasteiger charge is 2.32. The predicted octanol–water partition coefficient (Wildman–Crippen LogP) is 4.21. The smallest absolute Gasteiger partial charge is 0.243 e. The van der Waals surface area contributed by atoms with E-state index in [0.29, 0.717) is 47.7 Å². The molecule has 1 fully saturated rings. The van der Waals surface area contributed by atoms with Crippen molar-refractivity contribution in [2.75, 3.05) is 13.1 Å². The molecular weight excluding hydrogens is 496 g/mol. The van der Waals surface area contributed by atoms with E-state index < -0.39 is 10.0 Å². The van der Waals surface area contributed by atoms with Crippen LogP contribution in [0.3, 0.4) is 0 Å². The van der Waals surface area contributed by atoms with Crippen molar-refractivity contribution in [2.24, 2.45) is 5.92 Å². The van der Waals surface area contributed by atoms with Crippen molar-refractivity contribution < 1.29 is 13.2 Å². The molecule has 0 N–H and O–H groups in total. The molecule has 2 aromatic rings. The van der Waals surface area contributed by atoms with Gasteiger partial charge in [0.15, 0.2) is 0 Å². The first-order valence-corrected chi connectivity index (χ1v) is 11.8. The van der Waals surface area contributed by atoms with Crippen LogP contribution in [-0.2, 0) is 21.2 Å². The maximum Gasteiger partial charge on any atom is 0.243 e. The first kappa shape index (κ1) is 20.6. The summed E-state index contributed by atoms with van der Waals surface area (Å²) in [5.74, 6) is 0.142. The van der Waals surface area contributed by atoms with E-state index in [1.807, 2.05) is 12.1 Å². The Morgan fingerprint density at radius 1 is 1.15 bits per heavy atom. The number of sulfonamides is 1. The summed E-state index contributed by atoms with van der Waals surface area (Å²) in [5.41, 5.74) is 1.05. The first-order chi connectivity index (χ1) is 12.9. The topological polar surface area (TPSA) is 67.3 Å². The van der Waals surface area contributed by atoms with Gasteiger partial charge in [-0.05, 0) is 49.1 Å². The molecule has 1 saturated heterocycles. The van der Waals surface area contributed by atoms with Crippen LogP contribution in [0.5, 0.6) is 0 Å². The molecule has 0 unspecified atom stereocenters. The number of nitrogens with zero attached hydrogens (tertiary/aromatic N) is 2. The summed E-state index contributed by atoms with van der Waals surface area (Å²) in [4.78, 5) is 16.8. The average molecular weight is 516 g/mol. The number of piperidine rings is 1. The molecule has 1 aliphatic rings. The molecule has 1 aromatic heterocycles. The molecule has 1 aliphatic heterocycles. The Morgan fingerprint density at radius 2 is 1.81 bits per heavy atom. The minimum atomic E-state index is -3.56. The average Bonchev–Trinajstić information content (AvgIpc) is 2.66. The molecule has 1 aromatic carbocycles. The SMILES string of the molecule is O=C(CCc1cccnc1)C1CCN(S(=O)(=O)c2cc(Br)cc(Br)c2)CC1. The van der Waals surface area contributed by atoms with Crippen LogP contribution in [0.4, 0.5) is 0 Å². The second-order valence-corrected chi connectivity index (χ2v) is 10.4. The van der Waals surface area contributed by atoms with E-state index in [1.54, 1.807) is 30.6 Å². The Balaban J connectivity index is 1.58. The third-order valence-corrected chi connectivity index (χ3v) is 7.56. The van der Waals surface area contributed by atoms with Crippen molar-refractivity contribution in [3.05, 3.63) is 57.2 Å². The molecule has 144 valence electrons. The van der Waals surface area contributed by atoms with Gasteiger partial charge in [0, 0.05) is 46.8 Å². The first-order valence-electron chi connectivity index (χ1n) is 8.74. The summed E-state index contributed by atoms with van der Waals surface area (Å²) in [6.45, 7) is 0.742. The van der Waals surface area contributed by atoms with Gasteiger partial charge in [-0.1, -0.05) is 37.9 Å². The van der Waals surface area contributed by atoms with Crippen molar-refractivity contribution in [3.63, 3.8) is 0 Å². The number of halogens is 2. The number of hydrogen-bond acceptors (Lipinski definition) is 4. The molecule has 5 nitrogen and oxygen atoms in total. The van der Waals surface area contributed by atoms with Gasteiger partial charge in [-0.25, -0.2) is 8.42 Å². The molecule has 27 heavy (non-hydrogen) atoms. The predicted molar refractivity (Wildman–Crippen MR) is 111 cm³/mol. The molecule has 0 amide bonds. The Bertz CT molecular complexity index is 892. The number of benzene rings is 1. The summed E-state index contributed by atoms with van der Waals surface area (Å²) in [6.07, 6.45) is 5.78. The molecule has 0 bridgehead atoms. The second kappa shape index (κ2) is 8.94. The third kappa shape index (κ3) is 5.25. The molecule has 2 heterocycles. The van der Waals surface area contributed by atoms with Gasteiger partial charge in [-0.3, -0.25) is 9.78 Å². The van der Waals surface area contributed by atoms with Gasteiger partial charge in [-0.2, -0.15) is 4.31 Å². The van der Waals surface area contributed by atoms with Crippen LogP contribution in [0.1, 0.15) is 24.8 Å². The van der Waals surface area contributed by atoms with Gasteiger partial charge in [0.25, 0.3) is 0 Å². The largest absolute Gasteiger partial charge is 0.299 e.